The number of nitrogens with zero attached hydrogens (tertiary/aromatic N) is 2. The Labute approximate surface area is 152 Å². The molecular weight excluding hydrogens is 348 g/mol. The molecule has 0 radical (unpaired) electrons. The van der Waals surface area contributed by atoms with E-state index in [-0.39, 0.29) is 23.4 Å². The van der Waals surface area contributed by atoms with Crippen LogP contribution in [0.1, 0.15) is 33.3 Å². The van der Waals surface area contributed by atoms with Gasteiger partial charge in [0.1, 0.15) is 11.1 Å². The van der Waals surface area contributed by atoms with Crippen LogP contribution in [0.4, 0.5) is 0 Å². The Morgan fingerprint density at radius 1 is 1.15 bits per heavy atom. The quantitative estimate of drug-likeness (QED) is 0.315. The molecule has 0 saturated carbocycles. The van der Waals surface area contributed by atoms with Crippen molar-refractivity contribution >= 4 is 28.2 Å². The molecule has 0 saturated heterocycles. The van der Waals surface area contributed by atoms with Gasteiger partial charge >= 0.3 is 11.6 Å². The third kappa shape index (κ3) is 2.79. The molecule has 134 valence electrons. The van der Waals surface area contributed by atoms with Gasteiger partial charge in [-0.15, -0.1) is 0 Å². The Kier molecular flexibility index (Phi) is 4.04. The third-order valence-electron chi connectivity index (χ3n) is 4.19. The number of benzene rings is 1. The van der Waals surface area contributed by atoms with Crippen molar-refractivity contribution in [1.29, 1.82) is 0 Å². The van der Waals surface area contributed by atoms with Crippen LogP contribution in [-0.2, 0) is 4.74 Å². The van der Waals surface area contributed by atoms with E-state index in [2.05, 4.69) is 4.98 Å². The molecule has 7 heteroatoms. The Hall–Kier alpha value is -3.74. The van der Waals surface area contributed by atoms with Gasteiger partial charge in [-0.25, -0.2) is 14.6 Å². The van der Waals surface area contributed by atoms with Crippen molar-refractivity contribution in [3.8, 4) is 0 Å². The van der Waals surface area contributed by atoms with E-state index in [1.54, 1.807) is 37.3 Å². The van der Waals surface area contributed by atoms with Crippen LogP contribution in [0, 0.1) is 0 Å². The molecule has 4 aromatic rings. The van der Waals surface area contributed by atoms with E-state index in [1.165, 1.54) is 29.1 Å². The van der Waals surface area contributed by atoms with Crippen molar-refractivity contribution in [3.05, 3.63) is 82.2 Å². The minimum absolute atomic E-state index is 0.118. The lowest BCUT2D eigenvalue weighted by Crippen LogP contribution is -2.16. The highest BCUT2D eigenvalue weighted by Crippen LogP contribution is 2.21. The summed E-state index contributed by atoms with van der Waals surface area (Å²) in [5, 5.41) is 0.630. The molecule has 0 aliphatic carbocycles. The second kappa shape index (κ2) is 6.53. The number of carbonyl (C=O) groups excluding carboxylic acids is 2. The van der Waals surface area contributed by atoms with Crippen molar-refractivity contribution in [1.82, 2.24) is 9.38 Å². The SMILES string of the molecule is CCOC(=O)c1cc(C(=O)c2cc3ccccc3oc2=O)n2cnccc12. The van der Waals surface area contributed by atoms with Gasteiger partial charge < -0.3 is 9.15 Å². The average molecular weight is 362 g/mol. The minimum Gasteiger partial charge on any atom is -0.462 e. The van der Waals surface area contributed by atoms with E-state index in [0.717, 1.165) is 0 Å². The lowest BCUT2D eigenvalue weighted by atomic mass is 10.1. The zero-order valence-electron chi connectivity index (χ0n) is 14.3. The summed E-state index contributed by atoms with van der Waals surface area (Å²) in [5.74, 6) is -1.11. The van der Waals surface area contributed by atoms with Crippen LogP contribution >= 0.6 is 0 Å². The van der Waals surface area contributed by atoms with Crippen molar-refractivity contribution in [2.24, 2.45) is 0 Å². The topological polar surface area (TPSA) is 90.9 Å². The zero-order chi connectivity index (χ0) is 19.0. The summed E-state index contributed by atoms with van der Waals surface area (Å²) >= 11 is 0. The molecule has 0 unspecified atom stereocenters. The fraction of sp³-hybridized carbons (Fsp3) is 0.100. The lowest BCUT2D eigenvalue weighted by Gasteiger charge is -2.02. The minimum atomic E-state index is -0.741. The highest BCUT2D eigenvalue weighted by atomic mass is 16.5. The Morgan fingerprint density at radius 3 is 2.78 bits per heavy atom. The van der Waals surface area contributed by atoms with Gasteiger partial charge in [0.25, 0.3) is 0 Å². The molecule has 0 aliphatic heterocycles. The van der Waals surface area contributed by atoms with Crippen LogP contribution in [-0.4, -0.2) is 27.7 Å². The fourth-order valence-electron chi connectivity index (χ4n) is 2.96. The lowest BCUT2D eigenvalue weighted by molar-refractivity contribution is 0.0529. The Bertz CT molecular complexity index is 1250. The molecule has 0 atom stereocenters. The summed E-state index contributed by atoms with van der Waals surface area (Å²) in [5.41, 5.74) is 0.365. The summed E-state index contributed by atoms with van der Waals surface area (Å²) < 4.78 is 11.8. The molecular formula is C20H14N2O5. The Morgan fingerprint density at radius 2 is 1.96 bits per heavy atom. The summed E-state index contributed by atoms with van der Waals surface area (Å²) in [6.07, 6.45) is 2.92. The van der Waals surface area contributed by atoms with Crippen molar-refractivity contribution in [3.63, 3.8) is 0 Å². The first kappa shape index (κ1) is 16.7. The molecule has 0 fully saturated rings. The van der Waals surface area contributed by atoms with Crippen LogP contribution in [0.25, 0.3) is 16.5 Å². The maximum absolute atomic E-state index is 13.1. The average Bonchev–Trinajstić information content (AvgIpc) is 3.07. The predicted octanol–water partition coefficient (Wildman–Crippen LogP) is 2.85. The smallest absolute Gasteiger partial charge is 0.347 e. The van der Waals surface area contributed by atoms with Crippen LogP contribution in [0.2, 0.25) is 0 Å². The first-order valence-electron chi connectivity index (χ1n) is 8.30. The molecule has 27 heavy (non-hydrogen) atoms. The van der Waals surface area contributed by atoms with Gasteiger partial charge in [-0.1, -0.05) is 18.2 Å². The highest BCUT2D eigenvalue weighted by molar-refractivity contribution is 6.11. The number of carbonyl (C=O) groups is 2. The standard InChI is InChI=1S/C20H14N2O5/c1-2-26-19(24)13-10-16(22-11-21-8-7-15(13)22)18(23)14-9-12-5-3-4-6-17(12)27-20(14)25/h3-11H,2H2,1H3. The van der Waals surface area contributed by atoms with Crippen LogP contribution < -0.4 is 5.63 Å². The van der Waals surface area contributed by atoms with Crippen molar-refractivity contribution in [2.75, 3.05) is 6.61 Å². The number of rotatable bonds is 4. The van der Waals surface area contributed by atoms with Crippen LogP contribution in [0.15, 0.2) is 64.2 Å². The maximum Gasteiger partial charge on any atom is 0.347 e. The van der Waals surface area contributed by atoms with Gasteiger partial charge in [0.15, 0.2) is 0 Å². The molecule has 3 heterocycles. The number of fused-ring (bicyclic) bond motifs is 2. The number of hydrogen-bond donors (Lipinski definition) is 0. The van der Waals surface area contributed by atoms with Gasteiger partial charge in [0.2, 0.25) is 5.78 Å². The van der Waals surface area contributed by atoms with Gasteiger partial charge in [0.05, 0.1) is 29.7 Å². The van der Waals surface area contributed by atoms with Gasteiger partial charge in [0, 0.05) is 11.6 Å². The molecule has 0 amide bonds. The normalized spacial score (nSPS) is 11.0. The van der Waals surface area contributed by atoms with E-state index in [4.69, 9.17) is 9.15 Å². The number of ether oxygens (including phenoxy) is 1. The number of para-hydroxylation sites is 1. The van der Waals surface area contributed by atoms with E-state index >= 15 is 0 Å². The summed E-state index contributed by atoms with van der Waals surface area (Å²) in [4.78, 5) is 41.6. The molecule has 0 aliphatic rings. The van der Waals surface area contributed by atoms with E-state index < -0.39 is 17.4 Å². The number of esters is 1. The monoisotopic (exact) mass is 362 g/mol. The van der Waals surface area contributed by atoms with E-state index in [1.807, 2.05) is 0 Å². The fourth-order valence-corrected chi connectivity index (χ4v) is 2.96. The van der Waals surface area contributed by atoms with Crippen molar-refractivity contribution in [2.45, 2.75) is 6.92 Å². The third-order valence-corrected chi connectivity index (χ3v) is 4.19. The second-order valence-corrected chi connectivity index (χ2v) is 5.81. The second-order valence-electron chi connectivity index (χ2n) is 5.81. The van der Waals surface area contributed by atoms with Gasteiger partial charge in [-0.3, -0.25) is 9.20 Å². The number of ketones is 1. The largest absolute Gasteiger partial charge is 0.462 e. The summed E-state index contributed by atoms with van der Waals surface area (Å²) in [7, 11) is 0. The van der Waals surface area contributed by atoms with E-state index in [9.17, 15) is 14.4 Å². The summed E-state index contributed by atoms with van der Waals surface area (Å²) in [6.45, 7) is 1.91. The molecule has 7 nitrogen and oxygen atoms in total. The van der Waals surface area contributed by atoms with Gasteiger partial charge in [-0.2, -0.15) is 0 Å². The van der Waals surface area contributed by atoms with Gasteiger partial charge in [-0.05, 0) is 31.2 Å². The summed E-state index contributed by atoms with van der Waals surface area (Å²) in [6, 6.07) is 11.4. The van der Waals surface area contributed by atoms with Crippen molar-refractivity contribution < 1.29 is 18.7 Å². The Balaban J connectivity index is 1.90. The number of aromatic nitrogens is 2. The first-order chi connectivity index (χ1) is 13.1. The van der Waals surface area contributed by atoms with Crippen LogP contribution in [0.3, 0.4) is 0 Å². The molecule has 0 bridgehead atoms. The number of hydrogen-bond acceptors (Lipinski definition) is 6. The maximum atomic E-state index is 13.1. The molecule has 4 rings (SSSR count). The molecule has 0 spiro atoms. The highest BCUT2D eigenvalue weighted by Gasteiger charge is 2.23. The predicted molar refractivity (Wildman–Crippen MR) is 97.1 cm³/mol. The molecule has 3 aromatic heterocycles. The zero-order valence-corrected chi connectivity index (χ0v) is 14.3. The molecule has 0 N–H and O–H groups in total. The van der Waals surface area contributed by atoms with E-state index in [0.29, 0.717) is 16.5 Å². The molecule has 1 aromatic carbocycles. The van der Waals surface area contributed by atoms with Crippen LogP contribution in [0.5, 0.6) is 0 Å². The first-order valence-corrected chi connectivity index (χ1v) is 8.30.